The van der Waals surface area contributed by atoms with Gasteiger partial charge in [-0.3, -0.25) is 9.48 Å². The number of hydrogen-bond acceptors (Lipinski definition) is 7. The van der Waals surface area contributed by atoms with Crippen LogP contribution in [0.2, 0.25) is 0 Å². The third kappa shape index (κ3) is 4.91. The second kappa shape index (κ2) is 10.0. The number of hydrogen-bond donors (Lipinski definition) is 1. The number of amides is 1. The van der Waals surface area contributed by atoms with Crippen LogP contribution in [-0.2, 0) is 18.9 Å². The highest BCUT2D eigenvalue weighted by Crippen LogP contribution is 2.32. The van der Waals surface area contributed by atoms with Gasteiger partial charge in [0.05, 0.1) is 25.5 Å². The third-order valence-corrected chi connectivity index (χ3v) is 6.25. The Morgan fingerprint density at radius 2 is 1.76 bits per heavy atom. The first kappa shape index (κ1) is 23.4. The fraction of sp³-hybridized carbons (Fsp3) is 0.250. The SMILES string of the molecule is COc1ccc(NC(=O)CSc2nnc(-c3cn(C)nc3-c3ccc(C)cc3)n2C)cc1OC. The van der Waals surface area contributed by atoms with E-state index in [1.807, 2.05) is 37.0 Å². The zero-order valence-corrected chi connectivity index (χ0v) is 20.5. The molecule has 0 spiro atoms. The van der Waals surface area contributed by atoms with Crippen molar-refractivity contribution in [3.63, 3.8) is 0 Å². The highest BCUT2D eigenvalue weighted by atomic mass is 32.2. The number of aryl methyl sites for hydroxylation is 2. The van der Waals surface area contributed by atoms with Gasteiger partial charge in [0.25, 0.3) is 0 Å². The van der Waals surface area contributed by atoms with Crippen molar-refractivity contribution < 1.29 is 14.3 Å². The van der Waals surface area contributed by atoms with Gasteiger partial charge in [-0.2, -0.15) is 5.10 Å². The number of anilines is 1. The minimum Gasteiger partial charge on any atom is -0.493 e. The van der Waals surface area contributed by atoms with E-state index in [-0.39, 0.29) is 11.7 Å². The average molecular weight is 479 g/mol. The van der Waals surface area contributed by atoms with Crippen molar-refractivity contribution in [3.8, 4) is 34.1 Å². The minimum atomic E-state index is -0.163. The largest absolute Gasteiger partial charge is 0.493 e. The summed E-state index contributed by atoms with van der Waals surface area (Å²) in [5.41, 5.74) is 4.53. The van der Waals surface area contributed by atoms with Crippen LogP contribution in [-0.4, -0.2) is 50.4 Å². The molecule has 0 bridgehead atoms. The molecule has 1 amide bonds. The van der Waals surface area contributed by atoms with E-state index in [0.29, 0.717) is 28.2 Å². The molecule has 34 heavy (non-hydrogen) atoms. The highest BCUT2D eigenvalue weighted by molar-refractivity contribution is 7.99. The molecule has 4 rings (SSSR count). The number of nitrogens with one attached hydrogen (secondary N) is 1. The fourth-order valence-corrected chi connectivity index (χ4v) is 4.20. The Morgan fingerprint density at radius 1 is 1.03 bits per heavy atom. The molecular formula is C24H26N6O3S. The van der Waals surface area contributed by atoms with Crippen molar-refractivity contribution in [2.24, 2.45) is 14.1 Å². The molecular weight excluding hydrogens is 452 g/mol. The molecule has 0 aliphatic rings. The zero-order chi connectivity index (χ0) is 24.2. The lowest BCUT2D eigenvalue weighted by Crippen LogP contribution is -2.14. The van der Waals surface area contributed by atoms with Gasteiger partial charge in [-0.05, 0) is 19.1 Å². The number of thioether (sulfide) groups is 1. The quantitative estimate of drug-likeness (QED) is 0.383. The smallest absolute Gasteiger partial charge is 0.234 e. The van der Waals surface area contributed by atoms with Crippen molar-refractivity contribution in [1.29, 1.82) is 0 Å². The molecule has 10 heteroatoms. The van der Waals surface area contributed by atoms with Gasteiger partial charge in [-0.25, -0.2) is 0 Å². The van der Waals surface area contributed by atoms with Crippen LogP contribution in [0.3, 0.4) is 0 Å². The summed E-state index contributed by atoms with van der Waals surface area (Å²) in [6.45, 7) is 2.05. The van der Waals surface area contributed by atoms with Gasteiger partial charge in [-0.15, -0.1) is 10.2 Å². The van der Waals surface area contributed by atoms with Gasteiger partial charge >= 0.3 is 0 Å². The second-order valence-corrected chi connectivity index (χ2v) is 8.65. The Labute approximate surface area is 202 Å². The normalized spacial score (nSPS) is 10.9. The summed E-state index contributed by atoms with van der Waals surface area (Å²) < 4.78 is 14.2. The van der Waals surface area contributed by atoms with Crippen molar-refractivity contribution >= 4 is 23.4 Å². The molecule has 0 saturated heterocycles. The summed E-state index contributed by atoms with van der Waals surface area (Å²) in [4.78, 5) is 12.5. The Kier molecular flexibility index (Phi) is 6.87. The van der Waals surface area contributed by atoms with E-state index >= 15 is 0 Å². The van der Waals surface area contributed by atoms with Crippen LogP contribution >= 0.6 is 11.8 Å². The van der Waals surface area contributed by atoms with Gasteiger partial charge in [0.1, 0.15) is 5.69 Å². The molecule has 2 aromatic carbocycles. The number of nitrogens with zero attached hydrogens (tertiary/aromatic N) is 5. The summed E-state index contributed by atoms with van der Waals surface area (Å²) in [5.74, 6) is 1.85. The van der Waals surface area contributed by atoms with Crippen molar-refractivity contribution in [3.05, 3.63) is 54.2 Å². The molecule has 9 nitrogen and oxygen atoms in total. The third-order valence-electron chi connectivity index (χ3n) is 5.23. The highest BCUT2D eigenvalue weighted by Gasteiger charge is 2.19. The second-order valence-electron chi connectivity index (χ2n) is 7.70. The van der Waals surface area contributed by atoms with Crippen LogP contribution in [0, 0.1) is 6.92 Å². The molecule has 0 saturated carbocycles. The Bertz CT molecular complexity index is 1310. The van der Waals surface area contributed by atoms with Crippen LogP contribution in [0.25, 0.3) is 22.6 Å². The van der Waals surface area contributed by atoms with Crippen molar-refractivity contribution in [2.45, 2.75) is 12.1 Å². The molecule has 0 radical (unpaired) electrons. The summed E-state index contributed by atoms with van der Waals surface area (Å²) in [5, 5.41) is 16.8. The molecule has 0 fully saturated rings. The van der Waals surface area contributed by atoms with E-state index in [9.17, 15) is 4.79 Å². The van der Waals surface area contributed by atoms with Gasteiger partial charge in [0, 0.05) is 37.6 Å². The van der Waals surface area contributed by atoms with Crippen LogP contribution in [0.1, 0.15) is 5.56 Å². The van der Waals surface area contributed by atoms with Gasteiger partial charge in [0.2, 0.25) is 5.91 Å². The van der Waals surface area contributed by atoms with E-state index in [2.05, 4.69) is 39.7 Å². The Hall–Kier alpha value is -3.79. The first-order chi connectivity index (χ1) is 16.4. The standard InChI is InChI=1S/C24H26N6O3S/c1-15-6-8-16(9-7-15)22-18(13-29(2)28-22)23-26-27-24(30(23)3)34-14-21(31)25-17-10-11-19(32-4)20(12-17)33-5/h6-13H,14H2,1-5H3,(H,25,31). The fourth-order valence-electron chi connectivity index (χ4n) is 3.49. The van der Waals surface area contributed by atoms with Gasteiger partial charge < -0.3 is 19.4 Å². The van der Waals surface area contributed by atoms with Crippen LogP contribution in [0.4, 0.5) is 5.69 Å². The summed E-state index contributed by atoms with van der Waals surface area (Å²) in [7, 11) is 6.89. The van der Waals surface area contributed by atoms with Crippen LogP contribution in [0.5, 0.6) is 11.5 Å². The van der Waals surface area contributed by atoms with Crippen molar-refractivity contribution in [2.75, 3.05) is 25.3 Å². The lowest BCUT2D eigenvalue weighted by Gasteiger charge is -2.10. The predicted molar refractivity (Wildman–Crippen MR) is 132 cm³/mol. The van der Waals surface area contributed by atoms with E-state index in [1.165, 1.54) is 17.3 Å². The topological polar surface area (TPSA) is 96.1 Å². The van der Waals surface area contributed by atoms with E-state index in [0.717, 1.165) is 16.8 Å². The molecule has 0 unspecified atom stereocenters. The van der Waals surface area contributed by atoms with Crippen molar-refractivity contribution in [1.82, 2.24) is 24.5 Å². The molecule has 2 aromatic heterocycles. The van der Waals surface area contributed by atoms with Gasteiger partial charge in [-0.1, -0.05) is 41.6 Å². The monoisotopic (exact) mass is 478 g/mol. The van der Waals surface area contributed by atoms with E-state index in [4.69, 9.17) is 9.47 Å². The van der Waals surface area contributed by atoms with E-state index < -0.39 is 0 Å². The molecule has 4 aromatic rings. The lowest BCUT2D eigenvalue weighted by molar-refractivity contribution is -0.113. The molecule has 176 valence electrons. The van der Waals surface area contributed by atoms with Crippen LogP contribution in [0.15, 0.2) is 53.8 Å². The maximum absolute atomic E-state index is 12.5. The number of carbonyl (C=O) groups excluding carboxylic acids is 1. The average Bonchev–Trinajstić information content (AvgIpc) is 3.39. The number of carbonyl (C=O) groups is 1. The summed E-state index contributed by atoms with van der Waals surface area (Å²) >= 11 is 1.31. The molecule has 0 atom stereocenters. The first-order valence-electron chi connectivity index (χ1n) is 10.5. The maximum Gasteiger partial charge on any atom is 0.234 e. The molecule has 0 aliphatic heterocycles. The number of aromatic nitrogens is 5. The first-order valence-corrected chi connectivity index (χ1v) is 11.5. The van der Waals surface area contributed by atoms with Crippen LogP contribution < -0.4 is 14.8 Å². The summed E-state index contributed by atoms with van der Waals surface area (Å²) in [6.07, 6.45) is 1.93. The number of ether oxygens (including phenoxy) is 2. The molecule has 0 aliphatic carbocycles. The van der Waals surface area contributed by atoms with E-state index in [1.54, 1.807) is 37.1 Å². The maximum atomic E-state index is 12.5. The number of rotatable bonds is 8. The molecule has 1 N–H and O–H groups in total. The number of methoxy groups -OCH3 is 2. The zero-order valence-electron chi connectivity index (χ0n) is 19.7. The summed E-state index contributed by atoms with van der Waals surface area (Å²) in [6, 6.07) is 13.4. The lowest BCUT2D eigenvalue weighted by atomic mass is 10.1. The Balaban J connectivity index is 1.48. The predicted octanol–water partition coefficient (Wildman–Crippen LogP) is 3.94. The van der Waals surface area contributed by atoms with Gasteiger partial charge in [0.15, 0.2) is 22.5 Å². The Morgan fingerprint density at radius 3 is 2.47 bits per heavy atom. The minimum absolute atomic E-state index is 0.163. The molecule has 2 heterocycles. The number of benzene rings is 2.